The van der Waals surface area contributed by atoms with Crippen LogP contribution in [0, 0.1) is 18.8 Å². The number of aryl methyl sites for hydroxylation is 1. The third kappa shape index (κ3) is 2.59. The highest BCUT2D eigenvalue weighted by atomic mass is 16.5. The summed E-state index contributed by atoms with van der Waals surface area (Å²) in [6, 6.07) is 7.30. The van der Waals surface area contributed by atoms with Crippen LogP contribution in [0.2, 0.25) is 0 Å². The first kappa shape index (κ1) is 16.1. The third-order valence-electron chi connectivity index (χ3n) is 5.21. The van der Waals surface area contributed by atoms with E-state index in [-0.39, 0.29) is 24.0 Å². The number of nitrogens with zero attached hydrogens (tertiary/aromatic N) is 1. The Morgan fingerprint density at radius 3 is 2.28 bits per heavy atom. The molecule has 7 nitrogen and oxygen atoms in total. The first-order chi connectivity index (χ1) is 12.0. The van der Waals surface area contributed by atoms with Crippen molar-refractivity contribution < 1.29 is 23.9 Å². The second kappa shape index (κ2) is 5.84. The molecule has 5 atom stereocenters. The molecule has 1 N–H and O–H groups in total. The quantitative estimate of drug-likeness (QED) is 0.822. The molecule has 25 heavy (non-hydrogen) atoms. The fourth-order valence-corrected chi connectivity index (χ4v) is 3.90. The van der Waals surface area contributed by atoms with Gasteiger partial charge in [-0.2, -0.15) is 5.01 Å². The maximum Gasteiger partial charge on any atom is 0.279 e. The molecule has 3 saturated heterocycles. The van der Waals surface area contributed by atoms with E-state index < -0.39 is 23.8 Å². The number of ether oxygens (including phenoxy) is 2. The summed E-state index contributed by atoms with van der Waals surface area (Å²) < 4.78 is 11.2. The van der Waals surface area contributed by atoms with Crippen molar-refractivity contribution >= 4 is 17.7 Å². The van der Waals surface area contributed by atoms with Crippen LogP contribution in [0.5, 0.6) is 5.75 Å². The molecule has 0 saturated carbocycles. The van der Waals surface area contributed by atoms with Gasteiger partial charge in [0.05, 0.1) is 24.0 Å². The Bertz CT molecular complexity index is 703. The second-order valence-corrected chi connectivity index (χ2v) is 6.90. The van der Waals surface area contributed by atoms with E-state index in [1.807, 2.05) is 19.1 Å². The van der Waals surface area contributed by atoms with E-state index in [0.29, 0.717) is 5.75 Å². The Morgan fingerprint density at radius 1 is 1.16 bits per heavy atom. The van der Waals surface area contributed by atoms with Crippen LogP contribution in [-0.2, 0) is 19.1 Å². The number of carbonyl (C=O) groups is 3. The average Bonchev–Trinajstić information content (AvgIpc) is 3.26. The zero-order chi connectivity index (χ0) is 17.7. The Morgan fingerprint density at radius 2 is 1.72 bits per heavy atom. The third-order valence-corrected chi connectivity index (χ3v) is 5.21. The SMILES string of the molecule is Cc1ccc(O[C@@H](C)C(=O)NN2C(=O)[C@@H]3[C@@H](C2=O)[C@@H]2CC[C@@H]3O2)cc1. The minimum Gasteiger partial charge on any atom is -0.481 e. The molecule has 3 fully saturated rings. The highest BCUT2D eigenvalue weighted by molar-refractivity contribution is 6.07. The Kier molecular flexibility index (Phi) is 3.76. The van der Waals surface area contributed by atoms with Gasteiger partial charge in [-0.15, -0.1) is 0 Å². The molecular weight excluding hydrogens is 324 g/mol. The van der Waals surface area contributed by atoms with Crippen LogP contribution >= 0.6 is 0 Å². The van der Waals surface area contributed by atoms with Gasteiger partial charge in [0.1, 0.15) is 5.75 Å². The van der Waals surface area contributed by atoms with Gasteiger partial charge < -0.3 is 9.47 Å². The van der Waals surface area contributed by atoms with Crippen LogP contribution in [0.25, 0.3) is 0 Å². The molecule has 0 radical (unpaired) electrons. The van der Waals surface area contributed by atoms with Gasteiger partial charge in [0.2, 0.25) is 0 Å². The van der Waals surface area contributed by atoms with Gasteiger partial charge in [-0.05, 0) is 38.8 Å². The molecule has 1 aromatic carbocycles. The Labute approximate surface area is 145 Å². The van der Waals surface area contributed by atoms with Crippen LogP contribution in [-0.4, -0.2) is 41.0 Å². The highest BCUT2D eigenvalue weighted by Crippen LogP contribution is 2.47. The van der Waals surface area contributed by atoms with E-state index >= 15 is 0 Å². The van der Waals surface area contributed by atoms with E-state index in [1.54, 1.807) is 19.1 Å². The van der Waals surface area contributed by atoms with E-state index in [0.717, 1.165) is 23.4 Å². The maximum atomic E-state index is 12.5. The van der Waals surface area contributed by atoms with Crippen molar-refractivity contribution in [2.24, 2.45) is 11.8 Å². The summed E-state index contributed by atoms with van der Waals surface area (Å²) in [6.45, 7) is 3.53. The van der Waals surface area contributed by atoms with Crippen LogP contribution in [0.15, 0.2) is 24.3 Å². The van der Waals surface area contributed by atoms with Crippen LogP contribution in [0.3, 0.4) is 0 Å². The van der Waals surface area contributed by atoms with Gasteiger partial charge in [-0.1, -0.05) is 17.7 Å². The molecule has 2 bridgehead atoms. The molecule has 3 aliphatic heterocycles. The van der Waals surface area contributed by atoms with Crippen molar-refractivity contribution in [2.45, 2.75) is 45.0 Å². The molecule has 0 aromatic heterocycles. The molecule has 3 amide bonds. The summed E-state index contributed by atoms with van der Waals surface area (Å²) in [5, 5.41) is 0.862. The maximum absolute atomic E-state index is 12.5. The lowest BCUT2D eigenvalue weighted by molar-refractivity contribution is -0.153. The molecule has 7 heteroatoms. The predicted molar refractivity (Wildman–Crippen MR) is 86.1 cm³/mol. The monoisotopic (exact) mass is 344 g/mol. The number of amides is 3. The molecule has 0 aliphatic carbocycles. The zero-order valence-corrected chi connectivity index (χ0v) is 14.1. The van der Waals surface area contributed by atoms with Gasteiger partial charge in [0, 0.05) is 0 Å². The number of rotatable bonds is 4. The molecule has 0 unspecified atom stereocenters. The van der Waals surface area contributed by atoms with Crippen molar-refractivity contribution in [3.63, 3.8) is 0 Å². The van der Waals surface area contributed by atoms with Crippen molar-refractivity contribution in [1.29, 1.82) is 0 Å². The summed E-state index contributed by atoms with van der Waals surface area (Å²) in [7, 11) is 0. The summed E-state index contributed by atoms with van der Waals surface area (Å²) in [5.74, 6) is -1.65. The highest BCUT2D eigenvalue weighted by Gasteiger charge is 2.63. The van der Waals surface area contributed by atoms with Crippen molar-refractivity contribution in [3.05, 3.63) is 29.8 Å². The number of imide groups is 1. The number of hydrogen-bond acceptors (Lipinski definition) is 5. The summed E-state index contributed by atoms with van der Waals surface area (Å²) >= 11 is 0. The summed E-state index contributed by atoms with van der Waals surface area (Å²) in [4.78, 5) is 37.4. The second-order valence-electron chi connectivity index (χ2n) is 6.90. The lowest BCUT2D eigenvalue weighted by Gasteiger charge is -2.21. The first-order valence-corrected chi connectivity index (χ1v) is 8.53. The minimum atomic E-state index is -0.836. The molecule has 1 aromatic rings. The van der Waals surface area contributed by atoms with Gasteiger partial charge in [0.25, 0.3) is 17.7 Å². The number of hydrazine groups is 1. The van der Waals surface area contributed by atoms with Gasteiger partial charge in [0.15, 0.2) is 6.10 Å². The van der Waals surface area contributed by atoms with Crippen molar-refractivity contribution in [1.82, 2.24) is 10.4 Å². The van der Waals surface area contributed by atoms with Crippen molar-refractivity contribution in [2.75, 3.05) is 0 Å². The number of carbonyl (C=O) groups excluding carboxylic acids is 3. The molecular formula is C18H20N2O5. The average molecular weight is 344 g/mol. The van der Waals surface area contributed by atoms with E-state index in [2.05, 4.69) is 5.43 Å². The topological polar surface area (TPSA) is 84.9 Å². The lowest BCUT2D eigenvalue weighted by Crippen LogP contribution is -2.51. The summed E-state index contributed by atoms with van der Waals surface area (Å²) in [5.41, 5.74) is 3.51. The fraction of sp³-hybridized carbons (Fsp3) is 0.500. The minimum absolute atomic E-state index is 0.199. The standard InChI is InChI=1S/C18H20N2O5/c1-9-3-5-11(6-4-9)24-10(2)16(21)19-20-17(22)14-12-7-8-13(25-12)15(14)18(20)23/h3-6,10,12-15H,7-8H2,1-2H3,(H,19,21)/t10-,12-,13-,14-,15-/m0/s1. The fourth-order valence-electron chi connectivity index (χ4n) is 3.90. The molecule has 0 spiro atoms. The number of benzene rings is 1. The lowest BCUT2D eigenvalue weighted by atomic mass is 9.81. The number of fused-ring (bicyclic) bond motifs is 5. The first-order valence-electron chi connectivity index (χ1n) is 8.53. The van der Waals surface area contributed by atoms with Gasteiger partial charge in [-0.3, -0.25) is 19.8 Å². The number of nitrogens with one attached hydrogen (secondary N) is 1. The Balaban J connectivity index is 1.41. The Hall–Kier alpha value is -2.41. The van der Waals surface area contributed by atoms with Gasteiger partial charge >= 0.3 is 0 Å². The van der Waals surface area contributed by atoms with Crippen LogP contribution < -0.4 is 10.2 Å². The van der Waals surface area contributed by atoms with Crippen LogP contribution in [0.4, 0.5) is 0 Å². The van der Waals surface area contributed by atoms with Gasteiger partial charge in [-0.25, -0.2) is 0 Å². The zero-order valence-electron chi connectivity index (χ0n) is 14.1. The van der Waals surface area contributed by atoms with Crippen molar-refractivity contribution in [3.8, 4) is 5.75 Å². The van der Waals surface area contributed by atoms with E-state index in [9.17, 15) is 14.4 Å². The molecule has 132 valence electrons. The summed E-state index contributed by atoms with van der Waals surface area (Å²) in [6.07, 6.45) is 0.347. The van der Waals surface area contributed by atoms with Crippen LogP contribution in [0.1, 0.15) is 25.3 Å². The smallest absolute Gasteiger partial charge is 0.279 e. The number of hydrogen-bond donors (Lipinski definition) is 1. The predicted octanol–water partition coefficient (Wildman–Crippen LogP) is 0.956. The van der Waals surface area contributed by atoms with E-state index in [1.165, 1.54) is 0 Å². The normalized spacial score (nSPS) is 31.2. The molecule has 4 rings (SSSR count). The molecule has 3 heterocycles. The molecule has 3 aliphatic rings. The van der Waals surface area contributed by atoms with E-state index in [4.69, 9.17) is 9.47 Å². The largest absolute Gasteiger partial charge is 0.481 e.